The predicted octanol–water partition coefficient (Wildman–Crippen LogP) is -0.613. The van der Waals surface area contributed by atoms with Crippen molar-refractivity contribution in [3.63, 3.8) is 0 Å². The molecule has 1 rings (SSSR count). The van der Waals surface area contributed by atoms with E-state index >= 15 is 0 Å². The Bertz CT molecular complexity index is 400. The summed E-state index contributed by atoms with van der Waals surface area (Å²) in [7, 11) is 3.56. The number of nitrogens with one attached hydrogen (secondary N) is 2. The van der Waals surface area contributed by atoms with Gasteiger partial charge in [0.2, 0.25) is 0 Å². The second-order valence-electron chi connectivity index (χ2n) is 4.35. The standard InChI is InChI=1S/C13H22N2O4/c1-14-9-5-3-4-8(12(9)15-2)6-10(17)13(19)11(18)7-16/h3-5,10-11,13-19H,6-7H2,1-2H3/t10-,11+,13-/m0/s1. The van der Waals surface area contributed by atoms with Crippen LogP contribution in [0.1, 0.15) is 5.56 Å². The van der Waals surface area contributed by atoms with Crippen molar-refractivity contribution in [2.75, 3.05) is 31.3 Å². The van der Waals surface area contributed by atoms with Gasteiger partial charge in [0.15, 0.2) is 0 Å². The van der Waals surface area contributed by atoms with E-state index in [9.17, 15) is 15.3 Å². The summed E-state index contributed by atoms with van der Waals surface area (Å²) < 4.78 is 0. The predicted molar refractivity (Wildman–Crippen MR) is 74.3 cm³/mol. The van der Waals surface area contributed by atoms with E-state index in [4.69, 9.17) is 5.11 Å². The minimum atomic E-state index is -1.38. The van der Waals surface area contributed by atoms with Crippen LogP contribution in [0.15, 0.2) is 18.2 Å². The zero-order valence-electron chi connectivity index (χ0n) is 11.2. The molecule has 0 radical (unpaired) electrons. The first kappa shape index (κ1) is 15.7. The Morgan fingerprint density at radius 1 is 1.05 bits per heavy atom. The Morgan fingerprint density at radius 2 is 1.74 bits per heavy atom. The molecule has 3 atom stereocenters. The number of benzene rings is 1. The summed E-state index contributed by atoms with van der Waals surface area (Å²) in [6.45, 7) is -0.590. The van der Waals surface area contributed by atoms with Gasteiger partial charge in [-0.15, -0.1) is 0 Å². The molecule has 0 spiro atoms. The largest absolute Gasteiger partial charge is 0.394 e. The first-order valence-electron chi connectivity index (χ1n) is 6.17. The highest BCUT2D eigenvalue weighted by Gasteiger charge is 2.25. The van der Waals surface area contributed by atoms with Crippen molar-refractivity contribution in [1.82, 2.24) is 0 Å². The second-order valence-corrected chi connectivity index (χ2v) is 4.35. The molecule has 0 bridgehead atoms. The summed E-state index contributed by atoms with van der Waals surface area (Å²) in [4.78, 5) is 0. The van der Waals surface area contributed by atoms with E-state index in [-0.39, 0.29) is 6.42 Å². The summed E-state index contributed by atoms with van der Waals surface area (Å²) in [6, 6.07) is 5.55. The molecule has 0 heterocycles. The fourth-order valence-electron chi connectivity index (χ4n) is 1.98. The van der Waals surface area contributed by atoms with Crippen LogP contribution in [0.2, 0.25) is 0 Å². The summed E-state index contributed by atoms with van der Waals surface area (Å²) >= 11 is 0. The van der Waals surface area contributed by atoms with Crippen molar-refractivity contribution in [2.45, 2.75) is 24.7 Å². The maximum atomic E-state index is 9.89. The summed E-state index contributed by atoms with van der Waals surface area (Å²) in [5.41, 5.74) is 2.52. The van der Waals surface area contributed by atoms with Gasteiger partial charge in [0.1, 0.15) is 12.2 Å². The van der Waals surface area contributed by atoms with Gasteiger partial charge < -0.3 is 31.1 Å². The van der Waals surface area contributed by atoms with Crippen LogP contribution in [0.25, 0.3) is 0 Å². The van der Waals surface area contributed by atoms with Crippen LogP contribution in [0.5, 0.6) is 0 Å². The van der Waals surface area contributed by atoms with Crippen molar-refractivity contribution < 1.29 is 20.4 Å². The Balaban J connectivity index is 2.87. The van der Waals surface area contributed by atoms with Crippen molar-refractivity contribution >= 4 is 11.4 Å². The molecule has 6 N–H and O–H groups in total. The fourth-order valence-corrected chi connectivity index (χ4v) is 1.98. The number of aliphatic hydroxyl groups is 4. The zero-order valence-corrected chi connectivity index (χ0v) is 11.2. The smallest absolute Gasteiger partial charge is 0.108 e. The quantitative estimate of drug-likeness (QED) is 0.395. The molecule has 19 heavy (non-hydrogen) atoms. The third-order valence-corrected chi connectivity index (χ3v) is 3.07. The minimum Gasteiger partial charge on any atom is -0.394 e. The lowest BCUT2D eigenvalue weighted by atomic mass is 9.98. The molecule has 1 aromatic carbocycles. The molecule has 0 saturated carbocycles. The highest BCUT2D eigenvalue weighted by molar-refractivity contribution is 5.72. The van der Waals surface area contributed by atoms with Gasteiger partial charge in [-0.3, -0.25) is 0 Å². The third kappa shape index (κ3) is 3.81. The highest BCUT2D eigenvalue weighted by Crippen LogP contribution is 2.27. The maximum Gasteiger partial charge on any atom is 0.108 e. The number of hydrogen-bond donors (Lipinski definition) is 6. The Kier molecular flexibility index (Phi) is 6.04. The average molecular weight is 270 g/mol. The molecule has 6 heteroatoms. The van der Waals surface area contributed by atoms with Gasteiger partial charge in [-0.25, -0.2) is 0 Å². The topological polar surface area (TPSA) is 105 Å². The fraction of sp³-hybridized carbons (Fsp3) is 0.538. The van der Waals surface area contributed by atoms with Gasteiger partial charge in [-0.05, 0) is 11.6 Å². The van der Waals surface area contributed by atoms with Crippen LogP contribution in [-0.2, 0) is 6.42 Å². The number of para-hydroxylation sites is 1. The van der Waals surface area contributed by atoms with E-state index in [1.807, 2.05) is 18.2 Å². The zero-order chi connectivity index (χ0) is 14.4. The molecule has 0 saturated heterocycles. The molecular formula is C13H22N2O4. The number of anilines is 2. The van der Waals surface area contributed by atoms with E-state index in [2.05, 4.69) is 10.6 Å². The summed E-state index contributed by atoms with van der Waals surface area (Å²) in [5, 5.41) is 43.7. The SMILES string of the molecule is CNc1cccc(C[C@H](O)[C@H](O)[C@H](O)CO)c1NC. The monoisotopic (exact) mass is 270 g/mol. The molecule has 0 aromatic heterocycles. The van der Waals surface area contributed by atoms with Crippen LogP contribution >= 0.6 is 0 Å². The van der Waals surface area contributed by atoms with Crippen LogP contribution in [0.4, 0.5) is 11.4 Å². The van der Waals surface area contributed by atoms with E-state index < -0.39 is 24.9 Å². The first-order chi connectivity index (χ1) is 9.04. The minimum absolute atomic E-state index is 0.171. The normalized spacial score (nSPS) is 15.7. The van der Waals surface area contributed by atoms with Gasteiger partial charge in [-0.2, -0.15) is 0 Å². The number of rotatable bonds is 7. The molecule has 1 aromatic rings. The molecule has 108 valence electrons. The average Bonchev–Trinajstić information content (AvgIpc) is 2.44. The summed E-state index contributed by atoms with van der Waals surface area (Å²) in [6.07, 6.45) is -3.71. The van der Waals surface area contributed by atoms with Crippen LogP contribution in [0, 0.1) is 0 Å². The van der Waals surface area contributed by atoms with Gasteiger partial charge in [0, 0.05) is 20.5 Å². The first-order valence-corrected chi connectivity index (χ1v) is 6.17. The van der Waals surface area contributed by atoms with Crippen LogP contribution in [0.3, 0.4) is 0 Å². The number of aliphatic hydroxyl groups excluding tert-OH is 4. The van der Waals surface area contributed by atoms with Crippen molar-refractivity contribution in [1.29, 1.82) is 0 Å². The van der Waals surface area contributed by atoms with Gasteiger partial charge in [0.05, 0.1) is 24.1 Å². The lowest BCUT2D eigenvalue weighted by molar-refractivity contribution is -0.0755. The summed E-state index contributed by atoms with van der Waals surface area (Å²) in [5.74, 6) is 0. The molecule has 0 aliphatic rings. The van der Waals surface area contributed by atoms with Crippen LogP contribution in [-0.4, -0.2) is 59.4 Å². The van der Waals surface area contributed by atoms with Crippen LogP contribution < -0.4 is 10.6 Å². The molecular weight excluding hydrogens is 248 g/mol. The molecule has 6 nitrogen and oxygen atoms in total. The Labute approximate surface area is 112 Å². The van der Waals surface area contributed by atoms with Crippen molar-refractivity contribution in [3.05, 3.63) is 23.8 Å². The second kappa shape index (κ2) is 7.30. The van der Waals surface area contributed by atoms with E-state index in [0.29, 0.717) is 0 Å². The van der Waals surface area contributed by atoms with E-state index in [1.54, 1.807) is 14.1 Å². The molecule has 0 aliphatic carbocycles. The lowest BCUT2D eigenvalue weighted by Crippen LogP contribution is -2.40. The number of hydrogen-bond acceptors (Lipinski definition) is 6. The van der Waals surface area contributed by atoms with E-state index in [0.717, 1.165) is 16.9 Å². The van der Waals surface area contributed by atoms with Crippen molar-refractivity contribution in [3.8, 4) is 0 Å². The molecule has 0 fully saturated rings. The lowest BCUT2D eigenvalue weighted by Gasteiger charge is -2.23. The third-order valence-electron chi connectivity index (χ3n) is 3.07. The molecule has 0 amide bonds. The Morgan fingerprint density at radius 3 is 2.26 bits per heavy atom. The highest BCUT2D eigenvalue weighted by atomic mass is 16.4. The van der Waals surface area contributed by atoms with Gasteiger partial charge >= 0.3 is 0 Å². The Hall–Kier alpha value is -1.34. The van der Waals surface area contributed by atoms with E-state index in [1.165, 1.54) is 0 Å². The maximum absolute atomic E-state index is 9.89. The van der Waals surface area contributed by atoms with Gasteiger partial charge in [-0.1, -0.05) is 12.1 Å². The van der Waals surface area contributed by atoms with Gasteiger partial charge in [0.25, 0.3) is 0 Å². The molecule has 0 unspecified atom stereocenters. The molecule has 0 aliphatic heterocycles. The van der Waals surface area contributed by atoms with Crippen molar-refractivity contribution in [2.24, 2.45) is 0 Å².